The first-order chi connectivity index (χ1) is 9.51. The van der Waals surface area contributed by atoms with Crippen molar-refractivity contribution in [2.75, 3.05) is 32.8 Å². The van der Waals surface area contributed by atoms with Gasteiger partial charge in [0.1, 0.15) is 0 Å². The third-order valence-corrected chi connectivity index (χ3v) is 5.25. The highest BCUT2D eigenvalue weighted by molar-refractivity contribution is 4.90. The van der Waals surface area contributed by atoms with E-state index in [4.69, 9.17) is 4.74 Å². The van der Waals surface area contributed by atoms with Crippen molar-refractivity contribution in [2.24, 2.45) is 11.3 Å². The Bertz CT molecular complexity index is 287. The van der Waals surface area contributed by atoms with E-state index in [-0.39, 0.29) is 0 Å². The molecule has 2 atom stereocenters. The Morgan fingerprint density at radius 1 is 1.25 bits per heavy atom. The smallest absolute Gasteiger partial charge is 0.0472 e. The molecule has 0 aromatic heterocycles. The van der Waals surface area contributed by atoms with E-state index in [1.165, 1.54) is 38.8 Å². The van der Waals surface area contributed by atoms with Crippen LogP contribution in [0.1, 0.15) is 53.4 Å². The van der Waals surface area contributed by atoms with Gasteiger partial charge < -0.3 is 15.0 Å². The third kappa shape index (κ3) is 4.44. The highest BCUT2D eigenvalue weighted by Crippen LogP contribution is 2.34. The maximum absolute atomic E-state index is 5.62. The molecule has 0 aromatic carbocycles. The average Bonchev–Trinajstić information content (AvgIpc) is 2.41. The number of likely N-dealkylation sites (tertiary alicyclic amines) is 1. The predicted molar refractivity (Wildman–Crippen MR) is 85.1 cm³/mol. The molecule has 0 amide bonds. The van der Waals surface area contributed by atoms with Crippen molar-refractivity contribution in [2.45, 2.75) is 65.5 Å². The molecule has 2 rings (SSSR count). The van der Waals surface area contributed by atoms with Crippen LogP contribution < -0.4 is 5.32 Å². The molecule has 2 aliphatic heterocycles. The van der Waals surface area contributed by atoms with Gasteiger partial charge in [-0.05, 0) is 50.5 Å². The van der Waals surface area contributed by atoms with Gasteiger partial charge in [-0.2, -0.15) is 0 Å². The normalized spacial score (nSPS) is 31.6. The molecule has 2 unspecified atom stereocenters. The first kappa shape index (κ1) is 16.3. The molecule has 0 aromatic rings. The summed E-state index contributed by atoms with van der Waals surface area (Å²) in [5.41, 5.74) is 0.428. The van der Waals surface area contributed by atoms with Crippen molar-refractivity contribution in [1.82, 2.24) is 10.2 Å². The first-order valence-corrected chi connectivity index (χ1v) is 8.56. The summed E-state index contributed by atoms with van der Waals surface area (Å²) in [5.74, 6) is 0.903. The molecule has 0 spiro atoms. The van der Waals surface area contributed by atoms with E-state index in [1.807, 2.05) is 0 Å². The average molecular weight is 282 g/mol. The largest absolute Gasteiger partial charge is 0.381 e. The van der Waals surface area contributed by atoms with Crippen LogP contribution in [-0.2, 0) is 4.74 Å². The Labute approximate surface area is 125 Å². The standard InChI is InChI=1S/C17H34N2O/c1-14(2)18-12-17(6-9-20-10-7-17)13-19-8-5-15(3)11-16(19)4/h14-16,18H,5-13H2,1-4H3. The summed E-state index contributed by atoms with van der Waals surface area (Å²) in [7, 11) is 0. The van der Waals surface area contributed by atoms with Gasteiger partial charge in [0.05, 0.1) is 0 Å². The fourth-order valence-corrected chi connectivity index (χ4v) is 3.74. The number of hydrogen-bond donors (Lipinski definition) is 1. The van der Waals surface area contributed by atoms with Gasteiger partial charge in [-0.25, -0.2) is 0 Å². The molecule has 0 aliphatic carbocycles. The Morgan fingerprint density at radius 2 is 1.95 bits per heavy atom. The summed E-state index contributed by atoms with van der Waals surface area (Å²) in [6.45, 7) is 14.9. The van der Waals surface area contributed by atoms with Gasteiger partial charge in [-0.1, -0.05) is 20.8 Å². The first-order valence-electron chi connectivity index (χ1n) is 8.56. The fourth-order valence-electron chi connectivity index (χ4n) is 3.74. The van der Waals surface area contributed by atoms with E-state index < -0.39 is 0 Å². The molecule has 0 bridgehead atoms. The second kappa shape index (κ2) is 7.24. The van der Waals surface area contributed by atoms with E-state index in [0.29, 0.717) is 11.5 Å². The quantitative estimate of drug-likeness (QED) is 0.839. The zero-order valence-corrected chi connectivity index (χ0v) is 14.0. The minimum Gasteiger partial charge on any atom is -0.381 e. The summed E-state index contributed by atoms with van der Waals surface area (Å²) in [6, 6.07) is 1.33. The monoisotopic (exact) mass is 282 g/mol. The van der Waals surface area contributed by atoms with Gasteiger partial charge in [-0.15, -0.1) is 0 Å². The number of piperidine rings is 1. The second-order valence-electron chi connectivity index (χ2n) is 7.60. The van der Waals surface area contributed by atoms with Crippen molar-refractivity contribution < 1.29 is 4.74 Å². The van der Waals surface area contributed by atoms with Crippen LogP contribution >= 0.6 is 0 Å². The Morgan fingerprint density at radius 3 is 2.55 bits per heavy atom. The second-order valence-corrected chi connectivity index (χ2v) is 7.60. The Kier molecular flexibility index (Phi) is 5.88. The lowest BCUT2D eigenvalue weighted by Crippen LogP contribution is -2.52. The Hall–Kier alpha value is -0.120. The number of hydrogen-bond acceptors (Lipinski definition) is 3. The predicted octanol–water partition coefficient (Wildman–Crippen LogP) is 2.90. The molecule has 2 heterocycles. The highest BCUT2D eigenvalue weighted by Gasteiger charge is 2.36. The van der Waals surface area contributed by atoms with Gasteiger partial charge in [-0.3, -0.25) is 0 Å². The summed E-state index contributed by atoms with van der Waals surface area (Å²) < 4.78 is 5.62. The van der Waals surface area contributed by atoms with Crippen LogP contribution in [0.3, 0.4) is 0 Å². The van der Waals surface area contributed by atoms with Crippen molar-refractivity contribution in [1.29, 1.82) is 0 Å². The highest BCUT2D eigenvalue weighted by atomic mass is 16.5. The van der Waals surface area contributed by atoms with Gasteiger partial charge in [0.2, 0.25) is 0 Å². The van der Waals surface area contributed by atoms with Gasteiger partial charge >= 0.3 is 0 Å². The maximum atomic E-state index is 5.62. The molecule has 1 N–H and O–H groups in total. The lowest BCUT2D eigenvalue weighted by atomic mass is 9.78. The van der Waals surface area contributed by atoms with Crippen LogP contribution in [0.15, 0.2) is 0 Å². The van der Waals surface area contributed by atoms with E-state index >= 15 is 0 Å². The lowest BCUT2D eigenvalue weighted by Gasteiger charge is -2.46. The van der Waals surface area contributed by atoms with Crippen LogP contribution in [0, 0.1) is 11.3 Å². The van der Waals surface area contributed by atoms with E-state index in [2.05, 4.69) is 37.9 Å². The number of rotatable bonds is 5. The molecular weight excluding hydrogens is 248 g/mol. The van der Waals surface area contributed by atoms with Gasteiger partial charge in [0, 0.05) is 38.4 Å². The molecule has 2 fully saturated rings. The minimum absolute atomic E-state index is 0.428. The van der Waals surface area contributed by atoms with E-state index in [1.54, 1.807) is 0 Å². The topological polar surface area (TPSA) is 24.5 Å². The maximum Gasteiger partial charge on any atom is 0.0472 e. The Balaban J connectivity index is 1.96. The molecule has 0 saturated carbocycles. The number of nitrogens with one attached hydrogen (secondary N) is 1. The van der Waals surface area contributed by atoms with Crippen LogP contribution in [0.4, 0.5) is 0 Å². The van der Waals surface area contributed by atoms with Crippen molar-refractivity contribution in [3.63, 3.8) is 0 Å². The lowest BCUT2D eigenvalue weighted by molar-refractivity contribution is -0.0197. The number of ether oxygens (including phenoxy) is 1. The summed E-state index contributed by atoms with van der Waals surface area (Å²) in [6.07, 6.45) is 5.16. The third-order valence-electron chi connectivity index (χ3n) is 5.25. The minimum atomic E-state index is 0.428. The van der Waals surface area contributed by atoms with Crippen molar-refractivity contribution in [3.05, 3.63) is 0 Å². The van der Waals surface area contributed by atoms with Crippen LogP contribution in [0.25, 0.3) is 0 Å². The van der Waals surface area contributed by atoms with Crippen molar-refractivity contribution >= 4 is 0 Å². The zero-order valence-electron chi connectivity index (χ0n) is 14.0. The van der Waals surface area contributed by atoms with Crippen molar-refractivity contribution in [3.8, 4) is 0 Å². The SMILES string of the molecule is CC1CCN(CC2(CNC(C)C)CCOCC2)C(C)C1. The van der Waals surface area contributed by atoms with E-state index in [9.17, 15) is 0 Å². The summed E-state index contributed by atoms with van der Waals surface area (Å²) in [5, 5.41) is 3.69. The molecule has 20 heavy (non-hydrogen) atoms. The number of nitrogens with zero attached hydrogens (tertiary/aromatic N) is 1. The van der Waals surface area contributed by atoms with Crippen LogP contribution in [0.5, 0.6) is 0 Å². The molecule has 2 saturated heterocycles. The molecule has 118 valence electrons. The van der Waals surface area contributed by atoms with Crippen LogP contribution in [0.2, 0.25) is 0 Å². The molecule has 3 heteroatoms. The van der Waals surface area contributed by atoms with Gasteiger partial charge in [0.25, 0.3) is 0 Å². The summed E-state index contributed by atoms with van der Waals surface area (Å²) >= 11 is 0. The van der Waals surface area contributed by atoms with Gasteiger partial charge in [0.15, 0.2) is 0 Å². The van der Waals surface area contributed by atoms with E-state index in [0.717, 1.165) is 31.7 Å². The fraction of sp³-hybridized carbons (Fsp3) is 1.00. The molecule has 0 radical (unpaired) electrons. The van der Waals surface area contributed by atoms with Crippen LogP contribution in [-0.4, -0.2) is 49.8 Å². The molecular formula is C17H34N2O. The molecule has 3 nitrogen and oxygen atoms in total. The molecule has 2 aliphatic rings. The summed E-state index contributed by atoms with van der Waals surface area (Å²) in [4.78, 5) is 2.74. The zero-order chi connectivity index (χ0) is 14.6.